The van der Waals surface area contributed by atoms with Crippen molar-refractivity contribution in [2.24, 2.45) is 0 Å². The van der Waals surface area contributed by atoms with Crippen LogP contribution in [0.5, 0.6) is 0 Å². The van der Waals surface area contributed by atoms with Crippen molar-refractivity contribution in [2.45, 2.75) is 58.9 Å². The monoisotopic (exact) mass is 321 g/mol. The van der Waals surface area contributed by atoms with Crippen molar-refractivity contribution in [2.75, 3.05) is 6.61 Å². The van der Waals surface area contributed by atoms with Gasteiger partial charge in [0.15, 0.2) is 8.32 Å². The smallest absolute Gasteiger partial charge is 0.223 e. The van der Waals surface area contributed by atoms with E-state index in [-0.39, 0.29) is 0 Å². The van der Waals surface area contributed by atoms with Gasteiger partial charge in [0.05, 0.1) is 12.3 Å². The molecule has 0 saturated carbocycles. The fraction of sp³-hybridized carbons (Fsp3) is 0.833. The van der Waals surface area contributed by atoms with Gasteiger partial charge in [0, 0.05) is 0 Å². The standard InChI is InChI=1S/C12H31NO3Si3/c1-12(11-14-17(2,3)4)13(15-18(5,6)7)16-19(8,9)10/h1,11H2,2-10H3. The number of hydroxylamine groups is 2. The summed E-state index contributed by atoms with van der Waals surface area (Å²) in [7, 11) is -5.04. The molecule has 4 nitrogen and oxygen atoms in total. The topological polar surface area (TPSA) is 30.9 Å². The summed E-state index contributed by atoms with van der Waals surface area (Å²) in [6.07, 6.45) is 0. The summed E-state index contributed by atoms with van der Waals surface area (Å²) >= 11 is 0. The Bertz CT molecular complexity index is 287. The molecule has 0 bridgehead atoms. The maximum Gasteiger partial charge on any atom is 0.223 e. The zero-order valence-corrected chi connectivity index (χ0v) is 17.1. The summed E-state index contributed by atoms with van der Waals surface area (Å²) in [5.41, 5.74) is 0.743. The van der Waals surface area contributed by atoms with Gasteiger partial charge in [0.25, 0.3) is 0 Å². The van der Waals surface area contributed by atoms with Gasteiger partial charge in [-0.3, -0.25) is 9.05 Å². The molecular weight excluding hydrogens is 290 g/mol. The lowest BCUT2D eigenvalue weighted by atomic mass is 10.6. The predicted octanol–water partition coefficient (Wildman–Crippen LogP) is 4.19. The Morgan fingerprint density at radius 1 is 0.789 bits per heavy atom. The molecule has 0 aromatic carbocycles. The third-order valence-electron chi connectivity index (χ3n) is 1.64. The normalized spacial score (nSPS) is 13.5. The molecule has 0 rings (SSSR count). The van der Waals surface area contributed by atoms with E-state index in [1.165, 1.54) is 5.23 Å². The highest BCUT2D eigenvalue weighted by Gasteiger charge is 2.28. The van der Waals surface area contributed by atoms with Crippen LogP contribution in [0.25, 0.3) is 0 Å². The van der Waals surface area contributed by atoms with Crippen LogP contribution in [-0.2, 0) is 13.5 Å². The van der Waals surface area contributed by atoms with Crippen molar-refractivity contribution in [1.29, 1.82) is 0 Å². The highest BCUT2D eigenvalue weighted by Crippen LogP contribution is 2.18. The van der Waals surface area contributed by atoms with E-state index in [0.29, 0.717) is 6.61 Å². The first-order valence-electron chi connectivity index (χ1n) is 6.70. The van der Waals surface area contributed by atoms with Crippen molar-refractivity contribution in [3.63, 3.8) is 0 Å². The zero-order chi connectivity index (χ0) is 15.5. The van der Waals surface area contributed by atoms with Gasteiger partial charge in [-0.05, 0) is 58.9 Å². The summed E-state index contributed by atoms with van der Waals surface area (Å²) in [6, 6.07) is 0. The molecule has 7 heteroatoms. The molecule has 0 spiro atoms. The van der Waals surface area contributed by atoms with E-state index in [4.69, 9.17) is 13.5 Å². The average molecular weight is 322 g/mol. The Morgan fingerprint density at radius 3 is 1.42 bits per heavy atom. The van der Waals surface area contributed by atoms with Crippen molar-refractivity contribution in [3.05, 3.63) is 12.3 Å². The molecule has 0 aromatic heterocycles. The van der Waals surface area contributed by atoms with Crippen molar-refractivity contribution >= 4 is 25.0 Å². The Labute approximate surface area is 122 Å². The SMILES string of the molecule is C=C(CO[Si](C)(C)C)N(O[Si](C)(C)C)O[Si](C)(C)C. The van der Waals surface area contributed by atoms with Gasteiger partial charge in [-0.15, -0.1) is 5.23 Å². The predicted molar refractivity (Wildman–Crippen MR) is 89.1 cm³/mol. The minimum atomic E-state index is -1.74. The molecule has 0 amide bonds. The van der Waals surface area contributed by atoms with Gasteiger partial charge in [-0.1, -0.05) is 6.58 Å². The van der Waals surface area contributed by atoms with Crippen LogP contribution in [0.1, 0.15) is 0 Å². The van der Waals surface area contributed by atoms with Crippen molar-refractivity contribution < 1.29 is 13.5 Å². The molecule has 0 N–H and O–H groups in total. The molecule has 0 heterocycles. The minimum absolute atomic E-state index is 0.463. The average Bonchev–Trinajstić information content (AvgIpc) is 2.07. The largest absolute Gasteiger partial charge is 0.412 e. The first kappa shape index (κ1) is 19.1. The lowest BCUT2D eigenvalue weighted by Crippen LogP contribution is -2.44. The molecule has 0 fully saturated rings. The summed E-state index contributed by atoms with van der Waals surface area (Å²) in [6.45, 7) is 23.7. The molecule has 0 aromatic rings. The van der Waals surface area contributed by atoms with Crippen LogP contribution in [0.4, 0.5) is 0 Å². The fourth-order valence-corrected chi connectivity index (χ4v) is 3.00. The summed E-state index contributed by atoms with van der Waals surface area (Å²) in [4.78, 5) is 0. The molecule has 0 aliphatic heterocycles. The van der Waals surface area contributed by atoms with Crippen LogP contribution in [0.2, 0.25) is 58.9 Å². The summed E-state index contributed by atoms with van der Waals surface area (Å²) in [5.74, 6) is 0. The van der Waals surface area contributed by atoms with Gasteiger partial charge < -0.3 is 4.43 Å². The van der Waals surface area contributed by atoms with E-state index in [0.717, 1.165) is 5.70 Å². The van der Waals surface area contributed by atoms with Gasteiger partial charge in [0.1, 0.15) is 0 Å². The van der Waals surface area contributed by atoms with Crippen LogP contribution in [0, 0.1) is 0 Å². The van der Waals surface area contributed by atoms with E-state index in [1.807, 2.05) is 0 Å². The van der Waals surface area contributed by atoms with Crippen molar-refractivity contribution in [1.82, 2.24) is 5.23 Å². The Balaban J connectivity index is 4.69. The van der Waals surface area contributed by atoms with E-state index in [2.05, 4.69) is 65.5 Å². The summed E-state index contributed by atoms with van der Waals surface area (Å²) < 4.78 is 17.8. The highest BCUT2D eigenvalue weighted by atomic mass is 28.4. The first-order chi connectivity index (χ1) is 8.20. The third kappa shape index (κ3) is 11.6. The highest BCUT2D eigenvalue weighted by molar-refractivity contribution is 6.70. The van der Waals surface area contributed by atoms with Crippen LogP contribution in [0.15, 0.2) is 12.3 Å². The fourth-order valence-electron chi connectivity index (χ4n) is 0.998. The molecule has 19 heavy (non-hydrogen) atoms. The van der Waals surface area contributed by atoms with E-state index < -0.39 is 25.0 Å². The second-order valence-corrected chi connectivity index (χ2v) is 21.0. The molecule has 0 aliphatic carbocycles. The summed E-state index contributed by atoms with van der Waals surface area (Å²) in [5, 5.41) is 1.53. The van der Waals surface area contributed by atoms with Gasteiger partial charge in [0.2, 0.25) is 16.6 Å². The quantitative estimate of drug-likeness (QED) is 0.495. The minimum Gasteiger partial charge on any atom is -0.412 e. The van der Waals surface area contributed by atoms with E-state index >= 15 is 0 Å². The van der Waals surface area contributed by atoms with Crippen molar-refractivity contribution in [3.8, 4) is 0 Å². The molecule has 0 aliphatic rings. The van der Waals surface area contributed by atoms with E-state index in [9.17, 15) is 0 Å². The molecular formula is C12H31NO3Si3. The second-order valence-electron chi connectivity index (χ2n) is 7.63. The molecule has 0 radical (unpaired) electrons. The van der Waals surface area contributed by atoms with Crippen LogP contribution >= 0.6 is 0 Å². The number of hydrogen-bond acceptors (Lipinski definition) is 4. The molecule has 0 atom stereocenters. The van der Waals surface area contributed by atoms with Gasteiger partial charge >= 0.3 is 0 Å². The van der Waals surface area contributed by atoms with Gasteiger partial charge in [-0.2, -0.15) is 0 Å². The number of hydrogen-bond donors (Lipinski definition) is 0. The van der Waals surface area contributed by atoms with Crippen LogP contribution in [0.3, 0.4) is 0 Å². The van der Waals surface area contributed by atoms with Crippen LogP contribution in [-0.4, -0.2) is 36.8 Å². The van der Waals surface area contributed by atoms with Crippen LogP contribution < -0.4 is 0 Å². The number of nitrogens with zero attached hydrogens (tertiary/aromatic N) is 1. The third-order valence-corrected chi connectivity index (χ3v) is 4.08. The Kier molecular flexibility index (Phi) is 6.71. The maximum absolute atomic E-state index is 5.96. The second kappa shape index (κ2) is 6.68. The molecule has 0 saturated heterocycles. The lowest BCUT2D eigenvalue weighted by Gasteiger charge is -2.35. The van der Waals surface area contributed by atoms with E-state index in [1.54, 1.807) is 0 Å². The first-order valence-corrected chi connectivity index (χ1v) is 16.9. The Morgan fingerprint density at radius 2 is 1.16 bits per heavy atom. The Hall–Kier alpha value is 0.0706. The maximum atomic E-state index is 5.96. The van der Waals surface area contributed by atoms with Gasteiger partial charge in [-0.25, -0.2) is 0 Å². The zero-order valence-electron chi connectivity index (χ0n) is 14.1. The molecule has 114 valence electrons. The molecule has 0 unspecified atom stereocenters. The number of rotatable bonds is 8. The lowest BCUT2D eigenvalue weighted by molar-refractivity contribution is -0.245.